The Morgan fingerprint density at radius 1 is 1.16 bits per heavy atom. The number of rotatable bonds is 7. The fourth-order valence-corrected chi connectivity index (χ4v) is 1.74. The molecule has 6 heteroatoms. The van der Waals surface area contributed by atoms with Crippen LogP contribution >= 0.6 is 11.6 Å². The van der Waals surface area contributed by atoms with Crippen LogP contribution in [0.3, 0.4) is 0 Å². The van der Waals surface area contributed by atoms with E-state index in [4.69, 9.17) is 25.8 Å². The van der Waals surface area contributed by atoms with Gasteiger partial charge in [0, 0.05) is 30.1 Å². The summed E-state index contributed by atoms with van der Waals surface area (Å²) in [6.07, 6.45) is 1.01. The normalized spacial score (nSPS) is 9.89. The molecule has 1 aromatic carbocycles. The molecule has 1 aromatic rings. The zero-order valence-corrected chi connectivity index (χ0v) is 12.0. The Kier molecular flexibility index (Phi) is 6.29. The first-order valence-electron chi connectivity index (χ1n) is 5.82. The molecule has 1 N–H and O–H groups in total. The Bertz CT molecular complexity index is 412. The molecular formula is C13H18ClNO4. The van der Waals surface area contributed by atoms with Gasteiger partial charge in [-0.3, -0.25) is 4.79 Å². The number of hydrogen-bond acceptors (Lipinski definition) is 4. The van der Waals surface area contributed by atoms with E-state index in [9.17, 15) is 4.79 Å². The number of amides is 1. The van der Waals surface area contributed by atoms with Crippen molar-refractivity contribution in [1.82, 2.24) is 0 Å². The van der Waals surface area contributed by atoms with Crippen LogP contribution in [-0.4, -0.2) is 33.1 Å². The van der Waals surface area contributed by atoms with Gasteiger partial charge in [-0.2, -0.15) is 0 Å². The molecule has 0 bridgehead atoms. The lowest BCUT2D eigenvalue weighted by molar-refractivity contribution is -0.116. The zero-order valence-electron chi connectivity index (χ0n) is 11.3. The van der Waals surface area contributed by atoms with Gasteiger partial charge >= 0.3 is 0 Å². The molecule has 0 aliphatic carbocycles. The average molecular weight is 288 g/mol. The number of alkyl halides is 1. The SMILES string of the molecule is COc1cc(NC(=O)CCCCl)cc(OC)c1OC. The van der Waals surface area contributed by atoms with E-state index in [1.54, 1.807) is 12.1 Å². The van der Waals surface area contributed by atoms with Crippen LogP contribution in [-0.2, 0) is 4.79 Å². The highest BCUT2D eigenvalue weighted by molar-refractivity contribution is 6.18. The largest absolute Gasteiger partial charge is 0.493 e. The Morgan fingerprint density at radius 3 is 2.16 bits per heavy atom. The molecule has 19 heavy (non-hydrogen) atoms. The van der Waals surface area contributed by atoms with Crippen LogP contribution < -0.4 is 19.5 Å². The predicted octanol–water partition coefficient (Wildman–Crippen LogP) is 2.67. The Morgan fingerprint density at radius 2 is 1.74 bits per heavy atom. The number of carbonyl (C=O) groups excluding carboxylic acids is 1. The molecule has 0 aromatic heterocycles. The Balaban J connectivity index is 2.93. The van der Waals surface area contributed by atoms with Crippen LogP contribution in [0.25, 0.3) is 0 Å². The lowest BCUT2D eigenvalue weighted by Crippen LogP contribution is -2.11. The summed E-state index contributed by atoms with van der Waals surface area (Å²) in [6.45, 7) is 0. The molecule has 106 valence electrons. The fourth-order valence-electron chi connectivity index (χ4n) is 1.60. The van der Waals surface area contributed by atoms with E-state index in [2.05, 4.69) is 5.32 Å². The Labute approximate surface area is 117 Å². The minimum Gasteiger partial charge on any atom is -0.493 e. The highest BCUT2D eigenvalue weighted by atomic mass is 35.5. The van der Waals surface area contributed by atoms with Crippen molar-refractivity contribution in [3.8, 4) is 17.2 Å². The summed E-state index contributed by atoms with van der Waals surface area (Å²) in [5.41, 5.74) is 0.592. The summed E-state index contributed by atoms with van der Waals surface area (Å²) in [5.74, 6) is 1.84. The summed E-state index contributed by atoms with van der Waals surface area (Å²) in [4.78, 5) is 11.6. The average Bonchev–Trinajstić information content (AvgIpc) is 2.43. The van der Waals surface area contributed by atoms with Crippen LogP contribution in [0.4, 0.5) is 5.69 Å². The molecule has 0 atom stereocenters. The molecular weight excluding hydrogens is 270 g/mol. The number of carbonyl (C=O) groups is 1. The number of ether oxygens (including phenoxy) is 3. The van der Waals surface area contributed by atoms with Crippen molar-refractivity contribution in [2.45, 2.75) is 12.8 Å². The molecule has 0 saturated carbocycles. The molecule has 0 radical (unpaired) electrons. The monoisotopic (exact) mass is 287 g/mol. The van der Waals surface area contributed by atoms with E-state index in [0.717, 1.165) is 0 Å². The second kappa shape index (κ2) is 7.74. The van der Waals surface area contributed by atoms with Crippen molar-refractivity contribution < 1.29 is 19.0 Å². The molecule has 1 rings (SSSR count). The van der Waals surface area contributed by atoms with Gasteiger partial charge < -0.3 is 19.5 Å². The van der Waals surface area contributed by atoms with E-state index >= 15 is 0 Å². The third kappa shape index (κ3) is 4.21. The first-order chi connectivity index (χ1) is 9.15. The van der Waals surface area contributed by atoms with Crippen LogP contribution in [0, 0.1) is 0 Å². The maximum atomic E-state index is 11.6. The fraction of sp³-hybridized carbons (Fsp3) is 0.462. The molecule has 0 unspecified atom stereocenters. The van der Waals surface area contributed by atoms with Crippen molar-refractivity contribution in [2.75, 3.05) is 32.5 Å². The van der Waals surface area contributed by atoms with Crippen LogP contribution in [0.5, 0.6) is 17.2 Å². The third-order valence-corrected chi connectivity index (χ3v) is 2.75. The third-order valence-electron chi connectivity index (χ3n) is 2.49. The highest BCUT2D eigenvalue weighted by Gasteiger charge is 2.14. The lowest BCUT2D eigenvalue weighted by atomic mass is 10.2. The topological polar surface area (TPSA) is 56.8 Å². The number of halogens is 1. The van der Waals surface area contributed by atoms with Gasteiger partial charge in [-0.1, -0.05) is 0 Å². The molecule has 0 saturated heterocycles. The van der Waals surface area contributed by atoms with Gasteiger partial charge in [0.15, 0.2) is 11.5 Å². The second-order valence-electron chi connectivity index (χ2n) is 3.75. The van der Waals surface area contributed by atoms with Crippen molar-refractivity contribution in [2.24, 2.45) is 0 Å². The smallest absolute Gasteiger partial charge is 0.224 e. The minimum atomic E-state index is -0.102. The molecule has 0 aliphatic rings. The van der Waals surface area contributed by atoms with Crippen molar-refractivity contribution in [3.63, 3.8) is 0 Å². The summed E-state index contributed by atoms with van der Waals surface area (Å²) < 4.78 is 15.6. The minimum absolute atomic E-state index is 0.102. The van der Waals surface area contributed by atoms with Gasteiger partial charge in [0.1, 0.15) is 0 Å². The summed E-state index contributed by atoms with van der Waals surface area (Å²) in [6, 6.07) is 3.36. The zero-order chi connectivity index (χ0) is 14.3. The maximum Gasteiger partial charge on any atom is 0.224 e. The molecule has 0 heterocycles. The number of methoxy groups -OCH3 is 3. The van der Waals surface area contributed by atoms with E-state index in [1.807, 2.05) is 0 Å². The van der Waals surface area contributed by atoms with Crippen LogP contribution in [0.2, 0.25) is 0 Å². The molecule has 5 nitrogen and oxygen atoms in total. The number of hydrogen-bond donors (Lipinski definition) is 1. The predicted molar refractivity (Wildman–Crippen MR) is 74.7 cm³/mol. The van der Waals surface area contributed by atoms with Crippen molar-refractivity contribution in [3.05, 3.63) is 12.1 Å². The van der Waals surface area contributed by atoms with Gasteiger partial charge in [-0.15, -0.1) is 11.6 Å². The van der Waals surface area contributed by atoms with Crippen LogP contribution in [0.15, 0.2) is 12.1 Å². The van der Waals surface area contributed by atoms with E-state index in [0.29, 0.717) is 41.7 Å². The van der Waals surface area contributed by atoms with Crippen LogP contribution in [0.1, 0.15) is 12.8 Å². The highest BCUT2D eigenvalue weighted by Crippen LogP contribution is 2.39. The van der Waals surface area contributed by atoms with Gasteiger partial charge in [-0.25, -0.2) is 0 Å². The summed E-state index contributed by atoms with van der Waals surface area (Å²) in [7, 11) is 4.58. The maximum absolute atomic E-state index is 11.6. The van der Waals surface area contributed by atoms with E-state index in [-0.39, 0.29) is 5.91 Å². The van der Waals surface area contributed by atoms with Gasteiger partial charge in [0.2, 0.25) is 11.7 Å². The van der Waals surface area contributed by atoms with Gasteiger partial charge in [0.25, 0.3) is 0 Å². The van der Waals surface area contributed by atoms with E-state index < -0.39 is 0 Å². The molecule has 0 aliphatic heterocycles. The van der Waals surface area contributed by atoms with Gasteiger partial charge in [0.05, 0.1) is 21.3 Å². The number of anilines is 1. The Hall–Kier alpha value is -1.62. The first kappa shape index (κ1) is 15.4. The number of benzene rings is 1. The quantitative estimate of drug-likeness (QED) is 0.783. The van der Waals surface area contributed by atoms with Crippen molar-refractivity contribution >= 4 is 23.2 Å². The van der Waals surface area contributed by atoms with Gasteiger partial charge in [-0.05, 0) is 6.42 Å². The van der Waals surface area contributed by atoms with Crippen molar-refractivity contribution in [1.29, 1.82) is 0 Å². The molecule has 0 fully saturated rings. The summed E-state index contributed by atoms with van der Waals surface area (Å²) >= 11 is 5.55. The lowest BCUT2D eigenvalue weighted by Gasteiger charge is -2.14. The molecule has 1 amide bonds. The second-order valence-corrected chi connectivity index (χ2v) is 4.13. The molecule has 0 spiro atoms. The first-order valence-corrected chi connectivity index (χ1v) is 6.35. The summed E-state index contributed by atoms with van der Waals surface area (Å²) in [5, 5.41) is 2.76. The number of nitrogens with one attached hydrogen (secondary N) is 1. The van der Waals surface area contributed by atoms with E-state index in [1.165, 1.54) is 21.3 Å². The standard InChI is InChI=1S/C13H18ClNO4/c1-17-10-7-9(15-12(16)5-4-6-14)8-11(18-2)13(10)19-3/h7-8H,4-6H2,1-3H3,(H,15,16).